The van der Waals surface area contributed by atoms with Crippen LogP contribution in [0.3, 0.4) is 0 Å². The first-order chi connectivity index (χ1) is 7.17. The molecule has 1 aromatic carbocycles. The zero-order valence-corrected chi connectivity index (χ0v) is 11.2. The molecule has 4 nitrogen and oxygen atoms in total. The molecule has 0 aromatic heterocycles. The summed E-state index contributed by atoms with van der Waals surface area (Å²) in [4.78, 5) is 11.0. The molecule has 0 aliphatic carbocycles. The van der Waals surface area contributed by atoms with Crippen molar-refractivity contribution in [1.29, 1.82) is 0 Å². The third kappa shape index (κ3) is 4.38. The molecule has 1 amide bonds. The summed E-state index contributed by atoms with van der Waals surface area (Å²) in [6.07, 6.45) is 0. The van der Waals surface area contributed by atoms with E-state index in [-0.39, 0.29) is 24.9 Å². The zero-order chi connectivity index (χ0) is 11.3. The fourth-order valence-corrected chi connectivity index (χ4v) is 1.47. The van der Waals surface area contributed by atoms with Crippen molar-refractivity contribution in [2.24, 2.45) is 5.73 Å². The molecule has 0 unspecified atom stereocenters. The van der Waals surface area contributed by atoms with Gasteiger partial charge in [-0.15, -0.1) is 12.4 Å². The van der Waals surface area contributed by atoms with Gasteiger partial charge in [0.25, 0.3) is 0 Å². The smallest absolute Gasteiger partial charge is 0.234 e. The highest BCUT2D eigenvalue weighted by atomic mass is 79.9. The van der Waals surface area contributed by atoms with Gasteiger partial charge in [0.1, 0.15) is 5.75 Å². The number of benzene rings is 1. The lowest BCUT2D eigenvalue weighted by Gasteiger charge is -2.08. The predicted molar refractivity (Wildman–Crippen MR) is 68.8 cm³/mol. The molecule has 0 saturated heterocycles. The monoisotopic (exact) mass is 308 g/mol. The summed E-state index contributed by atoms with van der Waals surface area (Å²) < 4.78 is 6.02. The van der Waals surface area contributed by atoms with Gasteiger partial charge in [-0.3, -0.25) is 4.79 Å². The number of methoxy groups -OCH3 is 1. The van der Waals surface area contributed by atoms with Crippen LogP contribution in [0.15, 0.2) is 22.7 Å². The van der Waals surface area contributed by atoms with Gasteiger partial charge in [0.15, 0.2) is 0 Å². The lowest BCUT2D eigenvalue weighted by molar-refractivity contribution is -0.119. The van der Waals surface area contributed by atoms with Crippen LogP contribution in [-0.2, 0) is 11.3 Å². The fourth-order valence-electron chi connectivity index (χ4n) is 1.08. The first-order valence-electron chi connectivity index (χ1n) is 4.46. The van der Waals surface area contributed by atoms with E-state index in [0.29, 0.717) is 6.54 Å². The largest absolute Gasteiger partial charge is 0.497 e. The second-order valence-corrected chi connectivity index (χ2v) is 3.79. The van der Waals surface area contributed by atoms with Crippen molar-refractivity contribution >= 4 is 34.2 Å². The number of hydrogen-bond donors (Lipinski definition) is 2. The number of halogens is 2. The summed E-state index contributed by atoms with van der Waals surface area (Å²) >= 11 is 3.39. The van der Waals surface area contributed by atoms with Crippen LogP contribution in [0.4, 0.5) is 0 Å². The van der Waals surface area contributed by atoms with Gasteiger partial charge >= 0.3 is 0 Å². The minimum absolute atomic E-state index is 0. The van der Waals surface area contributed by atoms with Crippen LogP contribution in [0.5, 0.6) is 5.75 Å². The maximum absolute atomic E-state index is 11.0. The SMILES string of the molecule is COc1ccc(Br)c(CNC(=O)CN)c1.Cl. The molecule has 1 aromatic rings. The van der Waals surface area contributed by atoms with Crippen LogP contribution < -0.4 is 15.8 Å². The first kappa shape index (κ1) is 15.2. The van der Waals surface area contributed by atoms with E-state index in [4.69, 9.17) is 10.5 Å². The molecule has 0 atom stereocenters. The van der Waals surface area contributed by atoms with Gasteiger partial charge in [-0.05, 0) is 23.8 Å². The predicted octanol–water partition coefficient (Wildman–Crippen LogP) is 1.45. The Morgan fingerprint density at radius 1 is 1.56 bits per heavy atom. The summed E-state index contributed by atoms with van der Waals surface area (Å²) in [5, 5.41) is 2.69. The third-order valence-electron chi connectivity index (χ3n) is 1.91. The number of nitrogens with one attached hydrogen (secondary N) is 1. The third-order valence-corrected chi connectivity index (χ3v) is 2.69. The summed E-state index contributed by atoms with van der Waals surface area (Å²) in [6, 6.07) is 5.59. The van der Waals surface area contributed by atoms with E-state index in [1.165, 1.54) is 0 Å². The lowest BCUT2D eigenvalue weighted by atomic mass is 10.2. The van der Waals surface area contributed by atoms with Crippen molar-refractivity contribution in [3.8, 4) is 5.75 Å². The summed E-state index contributed by atoms with van der Waals surface area (Å²) in [5.74, 6) is 0.583. The van der Waals surface area contributed by atoms with Gasteiger partial charge in [-0.2, -0.15) is 0 Å². The maximum atomic E-state index is 11.0. The zero-order valence-electron chi connectivity index (χ0n) is 8.83. The summed E-state index contributed by atoms with van der Waals surface area (Å²) in [7, 11) is 1.60. The Kier molecular flexibility index (Phi) is 7.12. The molecule has 0 aliphatic rings. The van der Waals surface area contributed by atoms with Crippen molar-refractivity contribution in [1.82, 2.24) is 5.32 Å². The van der Waals surface area contributed by atoms with Gasteiger partial charge in [-0.25, -0.2) is 0 Å². The van der Waals surface area contributed by atoms with Gasteiger partial charge < -0.3 is 15.8 Å². The standard InChI is InChI=1S/C10H13BrN2O2.ClH/c1-15-8-2-3-9(11)7(4-8)6-13-10(14)5-12;/h2-4H,5-6,12H2,1H3,(H,13,14);1H. The lowest BCUT2D eigenvalue weighted by Crippen LogP contribution is -2.29. The Bertz CT molecular complexity index is 361. The number of carbonyl (C=O) groups excluding carboxylic acids is 1. The van der Waals surface area contributed by atoms with Crippen molar-refractivity contribution < 1.29 is 9.53 Å². The summed E-state index contributed by atoms with van der Waals surface area (Å²) in [5.41, 5.74) is 6.14. The maximum Gasteiger partial charge on any atom is 0.234 e. The molecule has 1 rings (SSSR count). The van der Waals surface area contributed by atoms with Crippen LogP contribution in [0.25, 0.3) is 0 Å². The average molecular weight is 310 g/mol. The van der Waals surface area contributed by atoms with E-state index in [1.54, 1.807) is 7.11 Å². The molecule has 0 radical (unpaired) electrons. The number of ether oxygens (including phenoxy) is 1. The Labute approximate surface area is 109 Å². The van der Waals surface area contributed by atoms with Gasteiger partial charge in [0.2, 0.25) is 5.91 Å². The molecule has 90 valence electrons. The molecule has 0 saturated carbocycles. The van der Waals surface area contributed by atoms with Crippen molar-refractivity contribution in [3.05, 3.63) is 28.2 Å². The molecule has 0 fully saturated rings. The van der Waals surface area contributed by atoms with Crippen LogP contribution in [-0.4, -0.2) is 19.6 Å². The Morgan fingerprint density at radius 3 is 2.81 bits per heavy atom. The van der Waals surface area contributed by atoms with Gasteiger partial charge in [-0.1, -0.05) is 15.9 Å². The second-order valence-electron chi connectivity index (χ2n) is 2.94. The van der Waals surface area contributed by atoms with E-state index in [1.807, 2.05) is 18.2 Å². The van der Waals surface area contributed by atoms with Crippen LogP contribution in [0.1, 0.15) is 5.56 Å². The van der Waals surface area contributed by atoms with Crippen molar-refractivity contribution in [2.45, 2.75) is 6.54 Å². The Morgan fingerprint density at radius 2 is 2.25 bits per heavy atom. The fraction of sp³-hybridized carbons (Fsp3) is 0.300. The van der Waals surface area contributed by atoms with Crippen LogP contribution in [0.2, 0.25) is 0 Å². The highest BCUT2D eigenvalue weighted by Gasteiger charge is 2.03. The first-order valence-corrected chi connectivity index (χ1v) is 5.26. The number of nitrogens with two attached hydrogens (primary N) is 1. The number of rotatable bonds is 4. The van der Waals surface area contributed by atoms with Gasteiger partial charge in [0.05, 0.1) is 13.7 Å². The topological polar surface area (TPSA) is 64.3 Å². The Balaban J connectivity index is 0.00000225. The number of hydrogen-bond acceptors (Lipinski definition) is 3. The minimum Gasteiger partial charge on any atom is -0.497 e. The van der Waals surface area contributed by atoms with E-state index in [0.717, 1.165) is 15.8 Å². The molecular formula is C10H14BrClN2O2. The van der Waals surface area contributed by atoms with E-state index in [9.17, 15) is 4.79 Å². The normalized spacial score (nSPS) is 9.19. The highest BCUT2D eigenvalue weighted by molar-refractivity contribution is 9.10. The average Bonchev–Trinajstić information content (AvgIpc) is 2.27. The Hall–Kier alpha value is -0.780. The van der Waals surface area contributed by atoms with E-state index < -0.39 is 0 Å². The minimum atomic E-state index is -0.176. The summed E-state index contributed by atoms with van der Waals surface area (Å²) in [6.45, 7) is 0.440. The molecule has 0 aliphatic heterocycles. The van der Waals surface area contributed by atoms with Crippen molar-refractivity contribution in [2.75, 3.05) is 13.7 Å². The van der Waals surface area contributed by atoms with E-state index in [2.05, 4.69) is 21.2 Å². The number of amides is 1. The van der Waals surface area contributed by atoms with Crippen molar-refractivity contribution in [3.63, 3.8) is 0 Å². The highest BCUT2D eigenvalue weighted by Crippen LogP contribution is 2.22. The molecule has 16 heavy (non-hydrogen) atoms. The van der Waals surface area contributed by atoms with Crippen LogP contribution >= 0.6 is 28.3 Å². The molecule has 0 spiro atoms. The molecule has 0 heterocycles. The molecule has 3 N–H and O–H groups in total. The van der Waals surface area contributed by atoms with E-state index >= 15 is 0 Å². The second kappa shape index (κ2) is 7.49. The van der Waals surface area contributed by atoms with Gasteiger partial charge in [0, 0.05) is 11.0 Å². The quantitative estimate of drug-likeness (QED) is 0.885. The number of carbonyl (C=O) groups is 1. The molecule has 0 bridgehead atoms. The molecular weight excluding hydrogens is 295 g/mol. The van der Waals surface area contributed by atoms with Crippen LogP contribution in [0, 0.1) is 0 Å². The molecule has 6 heteroatoms.